The number of rotatable bonds is 7. The summed E-state index contributed by atoms with van der Waals surface area (Å²) in [6.45, 7) is 15.0. The molecule has 2 N–H and O–H groups in total. The molecule has 1 atom stereocenters. The summed E-state index contributed by atoms with van der Waals surface area (Å²) >= 11 is 0. The third-order valence-electron chi connectivity index (χ3n) is 5.65. The monoisotopic (exact) mass is 388 g/mol. The first kappa shape index (κ1) is 20.9. The summed E-state index contributed by atoms with van der Waals surface area (Å²) in [7, 11) is 0. The van der Waals surface area contributed by atoms with Gasteiger partial charge in [0.2, 0.25) is 0 Å². The van der Waals surface area contributed by atoms with Crippen molar-refractivity contribution < 1.29 is 4.74 Å². The molecule has 2 aliphatic rings. The zero-order valence-corrected chi connectivity index (χ0v) is 17.7. The molecule has 1 aromatic heterocycles. The summed E-state index contributed by atoms with van der Waals surface area (Å²) < 4.78 is 5.85. The molecular weight excluding hydrogens is 352 g/mol. The lowest BCUT2D eigenvalue weighted by Crippen LogP contribution is -2.46. The van der Waals surface area contributed by atoms with Gasteiger partial charge in [-0.05, 0) is 44.9 Å². The van der Waals surface area contributed by atoms with Crippen LogP contribution in [0.3, 0.4) is 0 Å². The number of nitrogens with one attached hydrogen (secondary N) is 2. The quantitative estimate of drug-likeness (QED) is 0.549. The van der Waals surface area contributed by atoms with E-state index in [9.17, 15) is 0 Å². The molecule has 2 saturated heterocycles. The Bertz CT molecular complexity index is 618. The molecule has 0 aliphatic carbocycles. The van der Waals surface area contributed by atoms with E-state index in [0.717, 1.165) is 82.6 Å². The molecule has 3 heterocycles. The normalized spacial score (nSPS) is 23.8. The number of guanidine groups is 1. The van der Waals surface area contributed by atoms with Gasteiger partial charge in [0.1, 0.15) is 5.82 Å². The topological polar surface area (TPSA) is 65.0 Å². The van der Waals surface area contributed by atoms with Crippen molar-refractivity contribution in [3.05, 3.63) is 23.9 Å². The first-order chi connectivity index (χ1) is 13.6. The van der Waals surface area contributed by atoms with E-state index in [4.69, 9.17) is 9.73 Å². The van der Waals surface area contributed by atoms with E-state index in [-0.39, 0.29) is 5.60 Å². The Morgan fingerprint density at radius 2 is 2.04 bits per heavy atom. The zero-order chi connectivity index (χ0) is 19.8. The summed E-state index contributed by atoms with van der Waals surface area (Å²) in [6.07, 6.45) is 4.19. The number of pyridine rings is 1. The van der Waals surface area contributed by atoms with Crippen LogP contribution in [0.4, 0.5) is 5.82 Å². The number of nitrogens with zero attached hydrogens (tertiary/aromatic N) is 4. The molecule has 0 saturated carbocycles. The van der Waals surface area contributed by atoms with Crippen molar-refractivity contribution in [1.29, 1.82) is 0 Å². The minimum Gasteiger partial charge on any atom is -0.373 e. The van der Waals surface area contributed by atoms with Crippen LogP contribution in [0.25, 0.3) is 0 Å². The molecule has 156 valence electrons. The van der Waals surface area contributed by atoms with Gasteiger partial charge in [-0.3, -0.25) is 0 Å². The zero-order valence-electron chi connectivity index (χ0n) is 17.7. The van der Waals surface area contributed by atoms with Crippen molar-refractivity contribution in [1.82, 2.24) is 20.5 Å². The van der Waals surface area contributed by atoms with E-state index in [2.05, 4.69) is 58.3 Å². The van der Waals surface area contributed by atoms with E-state index >= 15 is 0 Å². The summed E-state index contributed by atoms with van der Waals surface area (Å²) in [6, 6.07) is 4.27. The van der Waals surface area contributed by atoms with Crippen LogP contribution in [0, 0.1) is 0 Å². The van der Waals surface area contributed by atoms with Gasteiger partial charge in [0.05, 0.1) is 12.1 Å². The van der Waals surface area contributed by atoms with Gasteiger partial charge in [0, 0.05) is 52.1 Å². The number of aromatic nitrogens is 1. The van der Waals surface area contributed by atoms with Gasteiger partial charge in [-0.1, -0.05) is 13.0 Å². The second-order valence-electron chi connectivity index (χ2n) is 7.90. The average molecular weight is 389 g/mol. The van der Waals surface area contributed by atoms with Gasteiger partial charge in [-0.2, -0.15) is 0 Å². The van der Waals surface area contributed by atoms with Crippen LogP contribution in [0.1, 0.15) is 39.2 Å². The summed E-state index contributed by atoms with van der Waals surface area (Å²) in [4.78, 5) is 14.2. The maximum Gasteiger partial charge on any atom is 0.191 e. The Kier molecular flexibility index (Phi) is 7.50. The molecule has 0 amide bonds. The molecule has 0 bridgehead atoms. The molecule has 0 spiro atoms. The van der Waals surface area contributed by atoms with Crippen molar-refractivity contribution in [2.75, 3.05) is 57.3 Å². The highest BCUT2D eigenvalue weighted by molar-refractivity contribution is 5.79. The number of piperazine rings is 1. The Morgan fingerprint density at radius 3 is 2.64 bits per heavy atom. The predicted molar refractivity (Wildman–Crippen MR) is 115 cm³/mol. The van der Waals surface area contributed by atoms with Crippen molar-refractivity contribution in [2.24, 2.45) is 4.99 Å². The number of aliphatic imine (C=N–C) groups is 1. The number of likely N-dealkylation sites (N-methyl/N-ethyl adjacent to an activating group) is 1. The Hall–Kier alpha value is -1.86. The second kappa shape index (κ2) is 10.1. The summed E-state index contributed by atoms with van der Waals surface area (Å²) in [5.41, 5.74) is 1.04. The second-order valence-corrected chi connectivity index (χ2v) is 7.90. The lowest BCUT2D eigenvalue weighted by atomic mass is 10.0. The number of hydrogen-bond donors (Lipinski definition) is 2. The molecule has 2 fully saturated rings. The molecule has 28 heavy (non-hydrogen) atoms. The number of ether oxygens (including phenoxy) is 1. The number of anilines is 1. The van der Waals surface area contributed by atoms with Gasteiger partial charge in [0.15, 0.2) is 5.96 Å². The van der Waals surface area contributed by atoms with E-state index in [0.29, 0.717) is 6.54 Å². The Balaban J connectivity index is 1.52. The third-order valence-corrected chi connectivity index (χ3v) is 5.65. The predicted octanol–water partition coefficient (Wildman–Crippen LogP) is 1.85. The van der Waals surface area contributed by atoms with Crippen LogP contribution in [-0.4, -0.2) is 73.9 Å². The summed E-state index contributed by atoms with van der Waals surface area (Å²) in [5, 5.41) is 6.74. The van der Waals surface area contributed by atoms with Crippen molar-refractivity contribution >= 4 is 11.8 Å². The van der Waals surface area contributed by atoms with Gasteiger partial charge in [0.25, 0.3) is 0 Å². The molecule has 3 rings (SSSR count). The van der Waals surface area contributed by atoms with Crippen LogP contribution in [0.5, 0.6) is 0 Å². The highest BCUT2D eigenvalue weighted by Crippen LogP contribution is 2.23. The molecule has 0 aromatic carbocycles. The molecule has 2 aliphatic heterocycles. The largest absolute Gasteiger partial charge is 0.373 e. The molecule has 1 unspecified atom stereocenters. The first-order valence-corrected chi connectivity index (χ1v) is 10.7. The fraction of sp³-hybridized carbons (Fsp3) is 0.714. The fourth-order valence-electron chi connectivity index (χ4n) is 3.75. The van der Waals surface area contributed by atoms with Gasteiger partial charge < -0.3 is 25.2 Å². The van der Waals surface area contributed by atoms with Crippen LogP contribution in [-0.2, 0) is 11.3 Å². The van der Waals surface area contributed by atoms with Gasteiger partial charge >= 0.3 is 0 Å². The standard InChI is InChI=1S/C21H36N6O/c1-4-22-20(25-17-21(3)9-6-14-28-21)24-16-18-7-8-19(23-15-18)27-12-10-26(5-2)11-13-27/h7-8,15H,4-6,9-14,16-17H2,1-3H3,(H2,22,24,25). The Labute approximate surface area is 169 Å². The van der Waals surface area contributed by atoms with Crippen molar-refractivity contribution in [2.45, 2.75) is 45.8 Å². The lowest BCUT2D eigenvalue weighted by molar-refractivity contribution is 0.0243. The van der Waals surface area contributed by atoms with Crippen LogP contribution < -0.4 is 15.5 Å². The third kappa shape index (κ3) is 5.82. The van der Waals surface area contributed by atoms with Gasteiger partial charge in [-0.25, -0.2) is 9.98 Å². The average Bonchev–Trinajstić information content (AvgIpc) is 3.17. The van der Waals surface area contributed by atoms with Crippen LogP contribution in [0.15, 0.2) is 23.3 Å². The molecule has 0 radical (unpaired) electrons. The minimum atomic E-state index is -0.0821. The highest BCUT2D eigenvalue weighted by Gasteiger charge is 2.29. The Morgan fingerprint density at radius 1 is 1.21 bits per heavy atom. The number of hydrogen-bond acceptors (Lipinski definition) is 5. The highest BCUT2D eigenvalue weighted by atomic mass is 16.5. The maximum absolute atomic E-state index is 5.85. The first-order valence-electron chi connectivity index (χ1n) is 10.7. The minimum absolute atomic E-state index is 0.0821. The SMILES string of the molecule is CCNC(=NCc1ccc(N2CCN(CC)CC2)nc1)NCC1(C)CCCO1. The molecule has 7 nitrogen and oxygen atoms in total. The van der Waals surface area contributed by atoms with E-state index in [1.807, 2.05) is 6.20 Å². The van der Waals surface area contributed by atoms with E-state index < -0.39 is 0 Å². The van der Waals surface area contributed by atoms with E-state index in [1.165, 1.54) is 0 Å². The lowest BCUT2D eigenvalue weighted by Gasteiger charge is -2.34. The van der Waals surface area contributed by atoms with Crippen LogP contribution in [0.2, 0.25) is 0 Å². The van der Waals surface area contributed by atoms with Gasteiger partial charge in [-0.15, -0.1) is 0 Å². The smallest absolute Gasteiger partial charge is 0.191 e. The van der Waals surface area contributed by atoms with Crippen molar-refractivity contribution in [3.8, 4) is 0 Å². The molecule has 1 aromatic rings. The van der Waals surface area contributed by atoms with E-state index in [1.54, 1.807) is 0 Å². The maximum atomic E-state index is 5.85. The van der Waals surface area contributed by atoms with Crippen molar-refractivity contribution in [3.63, 3.8) is 0 Å². The fourth-order valence-corrected chi connectivity index (χ4v) is 3.75. The summed E-state index contributed by atoms with van der Waals surface area (Å²) in [5.74, 6) is 1.90. The van der Waals surface area contributed by atoms with Crippen LogP contribution >= 0.6 is 0 Å². The molecular formula is C21H36N6O. The molecule has 7 heteroatoms.